The Balaban J connectivity index is 1.93. The Morgan fingerprint density at radius 1 is 1.32 bits per heavy atom. The summed E-state index contributed by atoms with van der Waals surface area (Å²) in [4.78, 5) is 25.6. The summed E-state index contributed by atoms with van der Waals surface area (Å²) < 4.78 is 0. The van der Waals surface area contributed by atoms with Gasteiger partial charge < -0.3 is 10.2 Å². The fourth-order valence-electron chi connectivity index (χ4n) is 3.03. The summed E-state index contributed by atoms with van der Waals surface area (Å²) in [6.07, 6.45) is 2.43. The molecule has 0 aromatic heterocycles. The Morgan fingerprint density at radius 3 is 2.74 bits per heavy atom. The molecule has 2 aliphatic heterocycles. The highest BCUT2D eigenvalue weighted by Gasteiger charge is 2.33. The van der Waals surface area contributed by atoms with Crippen LogP contribution >= 0.6 is 0 Å². The van der Waals surface area contributed by atoms with Crippen molar-refractivity contribution in [2.24, 2.45) is 0 Å². The molecule has 0 aliphatic carbocycles. The van der Waals surface area contributed by atoms with E-state index >= 15 is 0 Å². The summed E-state index contributed by atoms with van der Waals surface area (Å²) in [7, 11) is 0. The van der Waals surface area contributed by atoms with Gasteiger partial charge in [0.1, 0.15) is 0 Å². The summed E-state index contributed by atoms with van der Waals surface area (Å²) in [6, 6.07) is 5.93. The van der Waals surface area contributed by atoms with Crippen molar-refractivity contribution < 1.29 is 9.59 Å². The Kier molecular flexibility index (Phi) is 3.11. The van der Waals surface area contributed by atoms with Crippen molar-refractivity contribution >= 4 is 17.4 Å². The van der Waals surface area contributed by atoms with Gasteiger partial charge in [-0.2, -0.15) is 0 Å². The summed E-state index contributed by atoms with van der Waals surface area (Å²) in [6.45, 7) is 3.49. The molecule has 1 fully saturated rings. The van der Waals surface area contributed by atoms with Gasteiger partial charge >= 0.3 is 0 Å². The maximum atomic E-state index is 12.2. The van der Waals surface area contributed by atoms with Crippen LogP contribution in [0, 0.1) is 0 Å². The maximum Gasteiger partial charge on any atom is 0.231 e. The molecule has 1 aromatic rings. The van der Waals surface area contributed by atoms with E-state index in [2.05, 4.69) is 5.32 Å². The smallest absolute Gasteiger partial charge is 0.231 e. The first kappa shape index (κ1) is 12.4. The lowest BCUT2D eigenvalue weighted by Crippen LogP contribution is -2.44. The molecule has 19 heavy (non-hydrogen) atoms. The lowest BCUT2D eigenvalue weighted by Gasteiger charge is -2.32. The topological polar surface area (TPSA) is 49.4 Å². The van der Waals surface area contributed by atoms with Crippen LogP contribution in [0.1, 0.15) is 35.7 Å². The first-order valence-corrected chi connectivity index (χ1v) is 6.83. The van der Waals surface area contributed by atoms with Gasteiger partial charge in [-0.25, -0.2) is 0 Å². The Morgan fingerprint density at radius 2 is 2.05 bits per heavy atom. The molecule has 1 N–H and O–H groups in total. The van der Waals surface area contributed by atoms with Crippen molar-refractivity contribution in [3.63, 3.8) is 0 Å². The zero-order chi connectivity index (χ0) is 13.4. The van der Waals surface area contributed by atoms with E-state index < -0.39 is 0 Å². The Hall–Kier alpha value is -1.68. The second-order valence-corrected chi connectivity index (χ2v) is 5.32. The molecular weight excluding hydrogens is 240 g/mol. The molecule has 2 heterocycles. The third-order valence-electron chi connectivity index (χ3n) is 4.03. The van der Waals surface area contributed by atoms with Crippen LogP contribution in [0.15, 0.2) is 18.2 Å². The van der Waals surface area contributed by atoms with Gasteiger partial charge in [-0.1, -0.05) is 0 Å². The molecule has 1 aromatic carbocycles. The van der Waals surface area contributed by atoms with E-state index in [-0.39, 0.29) is 11.7 Å². The number of nitrogens with zero attached hydrogens (tertiary/aromatic N) is 1. The number of fused-ring (bicyclic) bond motifs is 1. The van der Waals surface area contributed by atoms with Crippen LogP contribution in [0.4, 0.5) is 5.69 Å². The number of hydrogen-bond donors (Lipinski definition) is 1. The first-order valence-electron chi connectivity index (χ1n) is 6.83. The van der Waals surface area contributed by atoms with E-state index in [1.165, 1.54) is 0 Å². The monoisotopic (exact) mass is 258 g/mol. The zero-order valence-corrected chi connectivity index (χ0v) is 11.1. The van der Waals surface area contributed by atoms with Crippen molar-refractivity contribution in [2.75, 3.05) is 18.0 Å². The van der Waals surface area contributed by atoms with Crippen molar-refractivity contribution in [3.8, 4) is 0 Å². The van der Waals surface area contributed by atoms with E-state index in [1.54, 1.807) is 6.92 Å². The number of Topliss-reactive ketones (excluding diaryl/α,β-unsaturated/α-hetero) is 1. The number of hydrogen-bond acceptors (Lipinski definition) is 3. The molecule has 0 atom stereocenters. The molecular formula is C15H18N2O2. The minimum absolute atomic E-state index is 0.0514. The lowest BCUT2D eigenvalue weighted by molar-refractivity contribution is -0.117. The average Bonchev–Trinajstić information content (AvgIpc) is 2.74. The molecule has 1 amide bonds. The minimum Gasteiger partial charge on any atom is -0.317 e. The minimum atomic E-state index is 0.0514. The second kappa shape index (κ2) is 4.78. The van der Waals surface area contributed by atoms with Crippen molar-refractivity contribution in [1.29, 1.82) is 0 Å². The van der Waals surface area contributed by atoms with Gasteiger partial charge in [0.25, 0.3) is 0 Å². The lowest BCUT2D eigenvalue weighted by atomic mass is 10.0. The van der Waals surface area contributed by atoms with Crippen LogP contribution in [-0.4, -0.2) is 30.8 Å². The third kappa shape index (κ3) is 2.16. The number of nitrogens with one attached hydrogen (secondary N) is 1. The fourth-order valence-corrected chi connectivity index (χ4v) is 3.03. The average molecular weight is 258 g/mol. The standard InChI is InChI=1S/C15H18N2O2/c1-10(18)11-2-3-14-12(8-11)9-15(19)17(14)13-4-6-16-7-5-13/h2-3,8,13,16H,4-7,9H2,1H3. The molecule has 2 aliphatic rings. The molecule has 3 rings (SSSR count). The molecule has 4 nitrogen and oxygen atoms in total. The number of ketones is 1. The van der Waals surface area contributed by atoms with Crippen molar-refractivity contribution in [2.45, 2.75) is 32.2 Å². The van der Waals surface area contributed by atoms with Crippen LogP contribution < -0.4 is 10.2 Å². The zero-order valence-electron chi connectivity index (χ0n) is 11.1. The molecule has 4 heteroatoms. The van der Waals surface area contributed by atoms with E-state index in [4.69, 9.17) is 0 Å². The fraction of sp³-hybridized carbons (Fsp3) is 0.467. The van der Waals surface area contributed by atoms with Gasteiger partial charge in [-0.15, -0.1) is 0 Å². The number of carbonyl (C=O) groups is 2. The number of benzene rings is 1. The highest BCUT2D eigenvalue weighted by Crippen LogP contribution is 2.33. The van der Waals surface area contributed by atoms with Crippen LogP contribution in [0.3, 0.4) is 0 Å². The van der Waals surface area contributed by atoms with Crippen LogP contribution in [-0.2, 0) is 11.2 Å². The van der Waals surface area contributed by atoms with E-state index in [0.29, 0.717) is 18.0 Å². The van der Waals surface area contributed by atoms with Crippen molar-refractivity contribution in [3.05, 3.63) is 29.3 Å². The van der Waals surface area contributed by atoms with E-state index in [9.17, 15) is 9.59 Å². The summed E-state index contributed by atoms with van der Waals surface area (Å²) >= 11 is 0. The number of piperidine rings is 1. The van der Waals surface area contributed by atoms with Gasteiger partial charge in [-0.05, 0) is 56.6 Å². The van der Waals surface area contributed by atoms with Crippen molar-refractivity contribution in [1.82, 2.24) is 5.32 Å². The number of rotatable bonds is 2. The van der Waals surface area contributed by atoms with E-state index in [0.717, 1.165) is 37.2 Å². The predicted octanol–water partition coefficient (Wildman–Crippen LogP) is 1.53. The molecule has 0 unspecified atom stereocenters. The SMILES string of the molecule is CC(=O)c1ccc2c(c1)CC(=O)N2C1CCNCC1. The summed E-state index contributed by atoms with van der Waals surface area (Å²) in [5.41, 5.74) is 2.69. The Labute approximate surface area is 112 Å². The number of amides is 1. The molecule has 1 saturated heterocycles. The van der Waals surface area contributed by atoms with Gasteiger partial charge in [0.2, 0.25) is 5.91 Å². The number of anilines is 1. The van der Waals surface area contributed by atoms with Gasteiger partial charge in [0, 0.05) is 17.3 Å². The van der Waals surface area contributed by atoms with Gasteiger partial charge in [0.05, 0.1) is 6.42 Å². The van der Waals surface area contributed by atoms with Crippen LogP contribution in [0.2, 0.25) is 0 Å². The highest BCUT2D eigenvalue weighted by atomic mass is 16.2. The molecule has 0 bridgehead atoms. The predicted molar refractivity (Wildman–Crippen MR) is 73.5 cm³/mol. The normalized spacial score (nSPS) is 19.6. The number of carbonyl (C=O) groups excluding carboxylic acids is 2. The molecule has 0 spiro atoms. The molecule has 0 radical (unpaired) electrons. The highest BCUT2D eigenvalue weighted by molar-refractivity contribution is 6.03. The quantitative estimate of drug-likeness (QED) is 0.818. The van der Waals surface area contributed by atoms with E-state index in [1.807, 2.05) is 23.1 Å². The van der Waals surface area contributed by atoms with Gasteiger partial charge in [-0.3, -0.25) is 9.59 Å². The van der Waals surface area contributed by atoms with Crippen LogP contribution in [0.25, 0.3) is 0 Å². The largest absolute Gasteiger partial charge is 0.317 e. The summed E-state index contributed by atoms with van der Waals surface area (Å²) in [5, 5.41) is 3.32. The first-order chi connectivity index (χ1) is 9.16. The van der Waals surface area contributed by atoms with Crippen LogP contribution in [0.5, 0.6) is 0 Å². The molecule has 0 saturated carbocycles. The Bertz CT molecular complexity index is 533. The molecule has 100 valence electrons. The third-order valence-corrected chi connectivity index (χ3v) is 4.03. The maximum absolute atomic E-state index is 12.2. The second-order valence-electron chi connectivity index (χ2n) is 5.32. The van der Waals surface area contributed by atoms with Gasteiger partial charge in [0.15, 0.2) is 5.78 Å². The summed E-state index contributed by atoms with van der Waals surface area (Å²) in [5.74, 6) is 0.221.